The summed E-state index contributed by atoms with van der Waals surface area (Å²) in [4.78, 5) is 2.21. The molecule has 0 saturated heterocycles. The van der Waals surface area contributed by atoms with Crippen LogP contribution in [0.15, 0.2) is 24.3 Å². The van der Waals surface area contributed by atoms with E-state index in [9.17, 15) is 5.11 Å². The lowest BCUT2D eigenvalue weighted by atomic mass is 9.73. The van der Waals surface area contributed by atoms with Gasteiger partial charge in [-0.05, 0) is 36.8 Å². The SMILES string of the molecule is COc1ccccc1N(C)CC1C(C)CC(C)CC1O. The molecule has 1 aliphatic rings. The van der Waals surface area contributed by atoms with E-state index in [-0.39, 0.29) is 6.10 Å². The van der Waals surface area contributed by atoms with Crippen molar-refractivity contribution in [3.63, 3.8) is 0 Å². The Labute approximate surface area is 122 Å². The summed E-state index contributed by atoms with van der Waals surface area (Å²) >= 11 is 0. The van der Waals surface area contributed by atoms with Crippen LogP contribution in [-0.2, 0) is 0 Å². The molecule has 1 N–H and O–H groups in total. The van der Waals surface area contributed by atoms with Gasteiger partial charge in [-0.1, -0.05) is 26.0 Å². The van der Waals surface area contributed by atoms with E-state index in [2.05, 4.69) is 31.9 Å². The van der Waals surface area contributed by atoms with Gasteiger partial charge >= 0.3 is 0 Å². The smallest absolute Gasteiger partial charge is 0.142 e. The molecule has 1 aromatic carbocycles. The van der Waals surface area contributed by atoms with Crippen molar-refractivity contribution in [1.29, 1.82) is 0 Å². The number of aliphatic hydroxyl groups excluding tert-OH is 1. The lowest BCUT2D eigenvalue weighted by Crippen LogP contribution is -2.41. The summed E-state index contributed by atoms with van der Waals surface area (Å²) in [6, 6.07) is 8.06. The molecule has 1 aromatic rings. The fraction of sp³-hybridized carbons (Fsp3) is 0.647. The first-order valence-corrected chi connectivity index (χ1v) is 7.55. The van der Waals surface area contributed by atoms with Gasteiger partial charge < -0.3 is 14.7 Å². The highest BCUT2D eigenvalue weighted by Gasteiger charge is 2.33. The van der Waals surface area contributed by atoms with E-state index in [4.69, 9.17) is 4.74 Å². The number of nitrogens with zero attached hydrogens (tertiary/aromatic N) is 1. The number of hydrogen-bond acceptors (Lipinski definition) is 3. The molecule has 1 saturated carbocycles. The zero-order valence-electron chi connectivity index (χ0n) is 13.0. The minimum Gasteiger partial charge on any atom is -0.495 e. The molecule has 3 nitrogen and oxygen atoms in total. The van der Waals surface area contributed by atoms with Crippen LogP contribution in [0.2, 0.25) is 0 Å². The van der Waals surface area contributed by atoms with Gasteiger partial charge in [0.25, 0.3) is 0 Å². The van der Waals surface area contributed by atoms with Crippen LogP contribution < -0.4 is 9.64 Å². The molecule has 0 heterocycles. The largest absolute Gasteiger partial charge is 0.495 e. The zero-order chi connectivity index (χ0) is 14.7. The molecule has 20 heavy (non-hydrogen) atoms. The molecule has 0 spiro atoms. The van der Waals surface area contributed by atoms with Gasteiger partial charge in [0.2, 0.25) is 0 Å². The number of benzene rings is 1. The molecule has 0 bridgehead atoms. The Balaban J connectivity index is 2.08. The Morgan fingerprint density at radius 1 is 1.25 bits per heavy atom. The Bertz CT molecular complexity index is 423. The van der Waals surface area contributed by atoms with Crippen LogP contribution in [0.5, 0.6) is 5.75 Å². The Morgan fingerprint density at radius 3 is 2.60 bits per heavy atom. The van der Waals surface area contributed by atoms with Gasteiger partial charge in [-0.3, -0.25) is 0 Å². The third-order valence-corrected chi connectivity index (χ3v) is 4.62. The maximum Gasteiger partial charge on any atom is 0.142 e. The second kappa shape index (κ2) is 6.49. The number of anilines is 1. The maximum absolute atomic E-state index is 10.4. The van der Waals surface area contributed by atoms with Crippen LogP contribution in [0.4, 0.5) is 5.69 Å². The first kappa shape index (κ1) is 15.2. The molecular formula is C17H27NO2. The van der Waals surface area contributed by atoms with E-state index in [0.29, 0.717) is 17.8 Å². The number of ether oxygens (including phenoxy) is 1. The van der Waals surface area contributed by atoms with Crippen molar-refractivity contribution in [2.45, 2.75) is 32.8 Å². The molecule has 0 radical (unpaired) electrons. The average Bonchev–Trinajstić information content (AvgIpc) is 2.42. The lowest BCUT2D eigenvalue weighted by Gasteiger charge is -2.39. The minimum absolute atomic E-state index is 0.189. The average molecular weight is 277 g/mol. The van der Waals surface area contributed by atoms with Crippen LogP contribution in [0.25, 0.3) is 0 Å². The third-order valence-electron chi connectivity index (χ3n) is 4.62. The van der Waals surface area contributed by atoms with Crippen LogP contribution in [-0.4, -0.2) is 31.9 Å². The van der Waals surface area contributed by atoms with E-state index in [1.54, 1.807) is 7.11 Å². The van der Waals surface area contributed by atoms with Gasteiger partial charge in [-0.2, -0.15) is 0 Å². The molecule has 0 aliphatic heterocycles. The van der Waals surface area contributed by atoms with Crippen LogP contribution in [0.1, 0.15) is 26.7 Å². The van der Waals surface area contributed by atoms with Crippen molar-refractivity contribution in [3.05, 3.63) is 24.3 Å². The number of hydrogen-bond donors (Lipinski definition) is 1. The predicted molar refractivity (Wildman–Crippen MR) is 83.3 cm³/mol. The maximum atomic E-state index is 10.4. The van der Waals surface area contributed by atoms with Crippen LogP contribution >= 0.6 is 0 Å². The van der Waals surface area contributed by atoms with Crippen molar-refractivity contribution >= 4 is 5.69 Å². The molecule has 4 unspecified atom stereocenters. The molecule has 2 rings (SSSR count). The summed E-state index contributed by atoms with van der Waals surface area (Å²) in [6.07, 6.45) is 1.95. The highest BCUT2D eigenvalue weighted by atomic mass is 16.5. The molecule has 1 aliphatic carbocycles. The monoisotopic (exact) mass is 277 g/mol. The predicted octanol–water partition coefficient (Wildman–Crippen LogP) is 3.17. The van der Waals surface area contributed by atoms with Gasteiger partial charge in [0.05, 0.1) is 18.9 Å². The summed E-state index contributed by atoms with van der Waals surface area (Å²) in [5.41, 5.74) is 1.09. The van der Waals surface area contributed by atoms with E-state index in [1.807, 2.05) is 18.2 Å². The molecule has 4 atom stereocenters. The van der Waals surface area contributed by atoms with Gasteiger partial charge in [0, 0.05) is 19.5 Å². The number of rotatable bonds is 4. The van der Waals surface area contributed by atoms with Crippen molar-refractivity contribution < 1.29 is 9.84 Å². The number of methoxy groups -OCH3 is 1. The van der Waals surface area contributed by atoms with Gasteiger partial charge in [-0.15, -0.1) is 0 Å². The van der Waals surface area contributed by atoms with E-state index >= 15 is 0 Å². The zero-order valence-corrected chi connectivity index (χ0v) is 13.0. The second-order valence-electron chi connectivity index (χ2n) is 6.34. The summed E-state index contributed by atoms with van der Waals surface area (Å²) in [7, 11) is 3.78. The summed E-state index contributed by atoms with van der Waals surface area (Å²) in [5.74, 6) is 2.42. The van der Waals surface area contributed by atoms with E-state index < -0.39 is 0 Å². The number of para-hydroxylation sites is 2. The first-order valence-electron chi connectivity index (χ1n) is 7.55. The highest BCUT2D eigenvalue weighted by molar-refractivity contribution is 5.57. The topological polar surface area (TPSA) is 32.7 Å². The fourth-order valence-corrected chi connectivity index (χ4v) is 3.53. The summed E-state index contributed by atoms with van der Waals surface area (Å²) < 4.78 is 5.42. The van der Waals surface area contributed by atoms with Crippen molar-refractivity contribution in [3.8, 4) is 5.75 Å². The fourth-order valence-electron chi connectivity index (χ4n) is 3.53. The normalized spacial score (nSPS) is 30.1. The highest BCUT2D eigenvalue weighted by Crippen LogP contribution is 2.36. The van der Waals surface area contributed by atoms with Gasteiger partial charge in [0.1, 0.15) is 5.75 Å². The second-order valence-corrected chi connectivity index (χ2v) is 6.34. The number of aliphatic hydroxyl groups is 1. The summed E-state index contributed by atoms with van der Waals surface area (Å²) in [5, 5.41) is 10.4. The molecule has 0 aromatic heterocycles. The molecule has 112 valence electrons. The van der Waals surface area contributed by atoms with E-state index in [1.165, 1.54) is 6.42 Å². The van der Waals surface area contributed by atoms with Crippen molar-refractivity contribution in [2.75, 3.05) is 25.6 Å². The molecule has 0 amide bonds. The van der Waals surface area contributed by atoms with Gasteiger partial charge in [-0.25, -0.2) is 0 Å². The van der Waals surface area contributed by atoms with E-state index in [0.717, 1.165) is 24.4 Å². The lowest BCUT2D eigenvalue weighted by molar-refractivity contribution is 0.0205. The van der Waals surface area contributed by atoms with Crippen molar-refractivity contribution in [1.82, 2.24) is 0 Å². The Kier molecular flexibility index (Phi) is 4.92. The molecular weight excluding hydrogens is 250 g/mol. The Morgan fingerprint density at radius 2 is 1.95 bits per heavy atom. The first-order chi connectivity index (χ1) is 9.52. The summed E-state index contributed by atoms with van der Waals surface area (Å²) in [6.45, 7) is 5.37. The van der Waals surface area contributed by atoms with Gasteiger partial charge in [0.15, 0.2) is 0 Å². The molecule has 3 heteroatoms. The van der Waals surface area contributed by atoms with Crippen LogP contribution in [0.3, 0.4) is 0 Å². The third kappa shape index (κ3) is 3.26. The standard InChI is InChI=1S/C17H27NO2/c1-12-9-13(2)14(16(19)10-12)11-18(3)15-7-5-6-8-17(15)20-4/h5-8,12-14,16,19H,9-11H2,1-4H3. The van der Waals surface area contributed by atoms with Crippen molar-refractivity contribution in [2.24, 2.45) is 17.8 Å². The quantitative estimate of drug-likeness (QED) is 0.917. The minimum atomic E-state index is -0.189. The Hall–Kier alpha value is -1.22. The van der Waals surface area contributed by atoms with Crippen LogP contribution in [0, 0.1) is 17.8 Å². The molecule has 1 fully saturated rings.